The van der Waals surface area contributed by atoms with Crippen molar-refractivity contribution in [2.45, 2.75) is 45.3 Å². The summed E-state index contributed by atoms with van der Waals surface area (Å²) in [5.41, 5.74) is 0.936. The number of methoxy groups -OCH3 is 1. The molecule has 0 N–H and O–H groups in total. The number of carbonyl (C=O) groups is 1. The third-order valence-corrected chi connectivity index (χ3v) is 4.63. The largest absolute Gasteiger partial charge is 0.381 e. The molecule has 3 unspecified atom stereocenters. The molecule has 5 heteroatoms. The van der Waals surface area contributed by atoms with Gasteiger partial charge in [-0.05, 0) is 33.1 Å². The van der Waals surface area contributed by atoms with E-state index in [0.717, 1.165) is 36.6 Å². The standard InChI is InChI=1S/C14H21N3O2/c1-8-13-16(3)14(18)11-6-5-10(19-4)7-12(11)17(13)9(2)15-8/h10-12H,5-7H2,1-4H3. The molecular formula is C14H21N3O2. The van der Waals surface area contributed by atoms with Gasteiger partial charge in [0.1, 0.15) is 11.6 Å². The monoisotopic (exact) mass is 263 g/mol. The number of aryl methyl sites for hydroxylation is 2. The van der Waals surface area contributed by atoms with Gasteiger partial charge in [-0.1, -0.05) is 0 Å². The molecular weight excluding hydrogens is 242 g/mol. The molecule has 1 saturated carbocycles. The number of ether oxygens (including phenoxy) is 1. The lowest BCUT2D eigenvalue weighted by Gasteiger charge is -2.43. The summed E-state index contributed by atoms with van der Waals surface area (Å²) in [6.07, 6.45) is 3.04. The molecule has 5 nitrogen and oxygen atoms in total. The molecule has 1 fully saturated rings. The maximum absolute atomic E-state index is 12.5. The number of carbonyl (C=O) groups excluding carboxylic acids is 1. The van der Waals surface area contributed by atoms with Gasteiger partial charge in [-0.2, -0.15) is 0 Å². The van der Waals surface area contributed by atoms with Crippen molar-refractivity contribution < 1.29 is 9.53 Å². The number of amides is 1. The maximum Gasteiger partial charge on any atom is 0.233 e. The van der Waals surface area contributed by atoms with Crippen LogP contribution in [0.15, 0.2) is 0 Å². The fourth-order valence-electron chi connectivity index (χ4n) is 3.73. The van der Waals surface area contributed by atoms with Crippen LogP contribution in [0.25, 0.3) is 0 Å². The van der Waals surface area contributed by atoms with Crippen molar-refractivity contribution in [1.82, 2.24) is 9.55 Å². The minimum absolute atomic E-state index is 0.0798. The molecule has 0 saturated heterocycles. The predicted octanol–water partition coefficient (Wildman–Crippen LogP) is 1.83. The average molecular weight is 263 g/mol. The van der Waals surface area contributed by atoms with Crippen LogP contribution in [0.1, 0.15) is 36.8 Å². The summed E-state index contributed by atoms with van der Waals surface area (Å²) in [5.74, 6) is 2.27. The van der Waals surface area contributed by atoms with Crippen molar-refractivity contribution in [3.05, 3.63) is 11.5 Å². The van der Waals surface area contributed by atoms with Crippen LogP contribution in [-0.2, 0) is 9.53 Å². The first-order chi connectivity index (χ1) is 9.04. The molecule has 0 spiro atoms. The Morgan fingerprint density at radius 2 is 2.05 bits per heavy atom. The van der Waals surface area contributed by atoms with Gasteiger partial charge in [0.05, 0.1) is 23.8 Å². The zero-order valence-corrected chi connectivity index (χ0v) is 12.0. The zero-order valence-electron chi connectivity index (χ0n) is 12.0. The van der Waals surface area contributed by atoms with Crippen LogP contribution in [0.3, 0.4) is 0 Å². The second-order valence-corrected chi connectivity index (χ2v) is 5.68. The Kier molecular flexibility index (Phi) is 2.89. The maximum atomic E-state index is 12.5. The molecule has 1 aliphatic heterocycles. The molecule has 0 radical (unpaired) electrons. The summed E-state index contributed by atoms with van der Waals surface area (Å²) in [5, 5.41) is 0. The lowest BCUT2D eigenvalue weighted by Crippen LogP contribution is -2.47. The third-order valence-electron chi connectivity index (χ3n) is 4.63. The van der Waals surface area contributed by atoms with Gasteiger partial charge >= 0.3 is 0 Å². The van der Waals surface area contributed by atoms with E-state index in [-0.39, 0.29) is 24.0 Å². The molecule has 1 aromatic rings. The number of rotatable bonds is 1. The highest BCUT2D eigenvalue weighted by atomic mass is 16.5. The third kappa shape index (κ3) is 1.71. The second kappa shape index (κ2) is 4.34. The Balaban J connectivity index is 2.09. The van der Waals surface area contributed by atoms with E-state index < -0.39 is 0 Å². The van der Waals surface area contributed by atoms with Crippen LogP contribution in [0.5, 0.6) is 0 Å². The van der Waals surface area contributed by atoms with Crippen LogP contribution in [-0.4, -0.2) is 35.7 Å². The van der Waals surface area contributed by atoms with Gasteiger partial charge in [0.25, 0.3) is 0 Å². The van der Waals surface area contributed by atoms with Crippen LogP contribution >= 0.6 is 0 Å². The molecule has 104 valence electrons. The molecule has 19 heavy (non-hydrogen) atoms. The summed E-state index contributed by atoms with van der Waals surface area (Å²) in [6.45, 7) is 3.99. The molecule has 0 aromatic carbocycles. The average Bonchev–Trinajstić information content (AvgIpc) is 2.70. The van der Waals surface area contributed by atoms with Gasteiger partial charge in [0, 0.05) is 14.2 Å². The Morgan fingerprint density at radius 3 is 2.74 bits per heavy atom. The van der Waals surface area contributed by atoms with Crippen LogP contribution in [0, 0.1) is 19.8 Å². The molecule has 2 aliphatic rings. The van der Waals surface area contributed by atoms with E-state index in [1.165, 1.54) is 0 Å². The van der Waals surface area contributed by atoms with Gasteiger partial charge in [-0.3, -0.25) is 9.69 Å². The Hall–Kier alpha value is -1.36. The molecule has 1 amide bonds. The fraction of sp³-hybridized carbons (Fsp3) is 0.714. The van der Waals surface area contributed by atoms with E-state index in [1.54, 1.807) is 12.0 Å². The van der Waals surface area contributed by atoms with Crippen molar-refractivity contribution in [2.24, 2.45) is 5.92 Å². The normalized spacial score (nSPS) is 30.2. The molecule has 3 rings (SSSR count). The molecule has 1 aromatic heterocycles. The van der Waals surface area contributed by atoms with E-state index in [9.17, 15) is 4.79 Å². The van der Waals surface area contributed by atoms with Crippen molar-refractivity contribution in [3.8, 4) is 0 Å². The number of nitrogens with zero attached hydrogens (tertiary/aromatic N) is 3. The summed E-state index contributed by atoms with van der Waals surface area (Å²) >= 11 is 0. The summed E-state index contributed by atoms with van der Waals surface area (Å²) in [4.78, 5) is 18.9. The first-order valence-corrected chi connectivity index (χ1v) is 6.90. The SMILES string of the molecule is COC1CCC2C(=O)N(C)c3c(C)nc(C)n3C2C1. The Bertz CT molecular complexity index is 523. The molecule has 0 bridgehead atoms. The second-order valence-electron chi connectivity index (χ2n) is 5.68. The lowest BCUT2D eigenvalue weighted by molar-refractivity contribution is -0.127. The number of fused-ring (bicyclic) bond motifs is 3. The highest BCUT2D eigenvalue weighted by Gasteiger charge is 2.44. The van der Waals surface area contributed by atoms with E-state index >= 15 is 0 Å². The van der Waals surface area contributed by atoms with Gasteiger partial charge in [0.2, 0.25) is 5.91 Å². The highest BCUT2D eigenvalue weighted by Crippen LogP contribution is 2.44. The fourth-order valence-corrected chi connectivity index (χ4v) is 3.73. The van der Waals surface area contributed by atoms with Crippen molar-refractivity contribution in [2.75, 3.05) is 19.1 Å². The minimum Gasteiger partial charge on any atom is -0.381 e. The number of imidazole rings is 1. The van der Waals surface area contributed by atoms with E-state index in [1.807, 2.05) is 20.9 Å². The Labute approximate surface area is 113 Å². The Morgan fingerprint density at radius 1 is 1.32 bits per heavy atom. The summed E-state index contributed by atoms with van der Waals surface area (Å²) in [7, 11) is 3.62. The van der Waals surface area contributed by atoms with E-state index in [2.05, 4.69) is 9.55 Å². The van der Waals surface area contributed by atoms with Crippen molar-refractivity contribution >= 4 is 11.7 Å². The van der Waals surface area contributed by atoms with Crippen molar-refractivity contribution in [3.63, 3.8) is 0 Å². The molecule has 1 aliphatic carbocycles. The van der Waals surface area contributed by atoms with E-state index in [0.29, 0.717) is 0 Å². The van der Waals surface area contributed by atoms with Crippen LogP contribution in [0.4, 0.5) is 5.82 Å². The van der Waals surface area contributed by atoms with Crippen LogP contribution in [0.2, 0.25) is 0 Å². The predicted molar refractivity (Wildman–Crippen MR) is 72.3 cm³/mol. The van der Waals surface area contributed by atoms with Crippen LogP contribution < -0.4 is 4.90 Å². The smallest absolute Gasteiger partial charge is 0.233 e. The molecule has 3 atom stereocenters. The van der Waals surface area contributed by atoms with Crippen molar-refractivity contribution in [1.29, 1.82) is 0 Å². The topological polar surface area (TPSA) is 47.4 Å². The number of hydrogen-bond donors (Lipinski definition) is 0. The highest BCUT2D eigenvalue weighted by molar-refractivity contribution is 5.96. The van der Waals surface area contributed by atoms with Gasteiger partial charge in [0.15, 0.2) is 0 Å². The first kappa shape index (κ1) is 12.7. The van der Waals surface area contributed by atoms with Gasteiger partial charge in [-0.15, -0.1) is 0 Å². The summed E-state index contributed by atoms with van der Waals surface area (Å²) in [6, 6.07) is 0.207. The number of anilines is 1. The number of aromatic nitrogens is 2. The number of hydrogen-bond acceptors (Lipinski definition) is 3. The zero-order chi connectivity index (χ0) is 13.7. The van der Waals surface area contributed by atoms with E-state index in [4.69, 9.17) is 4.74 Å². The van der Waals surface area contributed by atoms with Gasteiger partial charge < -0.3 is 9.30 Å². The minimum atomic E-state index is 0.0798. The molecule has 2 heterocycles. The quantitative estimate of drug-likeness (QED) is 0.776. The summed E-state index contributed by atoms with van der Waals surface area (Å²) < 4.78 is 7.75. The van der Waals surface area contributed by atoms with Gasteiger partial charge in [-0.25, -0.2) is 4.98 Å². The first-order valence-electron chi connectivity index (χ1n) is 6.90. The lowest BCUT2D eigenvalue weighted by atomic mass is 9.80.